The normalized spacial score (nSPS) is 12.5. The zero-order valence-corrected chi connectivity index (χ0v) is 13.7. The van der Waals surface area contributed by atoms with Crippen molar-refractivity contribution in [1.29, 1.82) is 0 Å². The number of methoxy groups -OCH3 is 1. The van der Waals surface area contributed by atoms with Crippen LogP contribution >= 0.6 is 0 Å². The molecule has 1 aromatic rings. The summed E-state index contributed by atoms with van der Waals surface area (Å²) in [5.41, 5.74) is 0.119. The standard InChI is InChI=1S/C17H25NO4/c1-5-12(13-6-8-14(22-4)9-7-13)10-15(19)18-11-17(2,3)16(20)21/h6-9,12H,5,10-11H2,1-4H3,(H,18,19)(H,20,21). The summed E-state index contributed by atoms with van der Waals surface area (Å²) in [5.74, 6) is -0.155. The molecule has 0 bridgehead atoms. The van der Waals surface area contributed by atoms with E-state index >= 15 is 0 Å². The van der Waals surface area contributed by atoms with Gasteiger partial charge in [0.15, 0.2) is 0 Å². The topological polar surface area (TPSA) is 75.6 Å². The molecule has 1 unspecified atom stereocenters. The maximum atomic E-state index is 12.0. The van der Waals surface area contributed by atoms with Crippen LogP contribution in [0.25, 0.3) is 0 Å². The fourth-order valence-electron chi connectivity index (χ4n) is 2.07. The molecule has 5 nitrogen and oxygen atoms in total. The molecule has 1 aromatic carbocycles. The van der Waals surface area contributed by atoms with Crippen molar-refractivity contribution in [2.45, 2.75) is 39.5 Å². The Morgan fingerprint density at radius 3 is 2.32 bits per heavy atom. The second kappa shape index (κ2) is 7.82. The summed E-state index contributed by atoms with van der Waals surface area (Å²) in [6.45, 7) is 5.34. The number of carboxylic acids is 1. The molecule has 0 aliphatic rings. The lowest BCUT2D eigenvalue weighted by molar-refractivity contribution is -0.146. The molecular formula is C17H25NO4. The lowest BCUT2D eigenvalue weighted by Crippen LogP contribution is -2.39. The van der Waals surface area contributed by atoms with Gasteiger partial charge in [-0.2, -0.15) is 0 Å². The summed E-state index contributed by atoms with van der Waals surface area (Å²) in [6, 6.07) is 7.68. The summed E-state index contributed by atoms with van der Waals surface area (Å²) in [7, 11) is 1.62. The van der Waals surface area contributed by atoms with E-state index in [9.17, 15) is 9.59 Å². The van der Waals surface area contributed by atoms with E-state index < -0.39 is 11.4 Å². The van der Waals surface area contributed by atoms with Crippen LogP contribution in [0.2, 0.25) is 0 Å². The van der Waals surface area contributed by atoms with Crippen molar-refractivity contribution in [3.05, 3.63) is 29.8 Å². The number of ether oxygens (including phenoxy) is 1. The van der Waals surface area contributed by atoms with Crippen LogP contribution in [-0.4, -0.2) is 30.6 Å². The molecular weight excluding hydrogens is 282 g/mol. The number of aliphatic carboxylic acids is 1. The Balaban J connectivity index is 2.61. The van der Waals surface area contributed by atoms with Crippen molar-refractivity contribution in [3.8, 4) is 5.75 Å². The van der Waals surface area contributed by atoms with Crippen LogP contribution < -0.4 is 10.1 Å². The first kappa shape index (κ1) is 18.0. The predicted octanol–water partition coefficient (Wildman–Crippen LogP) is 2.81. The molecule has 0 heterocycles. The highest BCUT2D eigenvalue weighted by atomic mass is 16.5. The average Bonchev–Trinajstić information content (AvgIpc) is 2.50. The van der Waals surface area contributed by atoms with E-state index in [2.05, 4.69) is 5.32 Å². The molecule has 0 aliphatic heterocycles. The number of carboxylic acid groups (broad SMARTS) is 1. The number of rotatable bonds is 8. The number of benzene rings is 1. The molecule has 1 rings (SSSR count). The Labute approximate surface area is 131 Å². The Hall–Kier alpha value is -2.04. The van der Waals surface area contributed by atoms with Crippen LogP contribution in [0.4, 0.5) is 0 Å². The largest absolute Gasteiger partial charge is 0.497 e. The van der Waals surface area contributed by atoms with Crippen LogP contribution in [-0.2, 0) is 9.59 Å². The van der Waals surface area contributed by atoms with E-state index in [4.69, 9.17) is 9.84 Å². The molecule has 5 heteroatoms. The maximum absolute atomic E-state index is 12.0. The Morgan fingerprint density at radius 2 is 1.86 bits per heavy atom. The molecule has 1 amide bonds. The number of amides is 1. The fourth-order valence-corrected chi connectivity index (χ4v) is 2.07. The number of hydrogen-bond donors (Lipinski definition) is 2. The number of carbonyl (C=O) groups excluding carboxylic acids is 1. The highest BCUT2D eigenvalue weighted by Crippen LogP contribution is 2.25. The van der Waals surface area contributed by atoms with Gasteiger partial charge in [0.2, 0.25) is 5.91 Å². The lowest BCUT2D eigenvalue weighted by Gasteiger charge is -2.21. The van der Waals surface area contributed by atoms with Gasteiger partial charge in [0, 0.05) is 13.0 Å². The Morgan fingerprint density at radius 1 is 1.27 bits per heavy atom. The molecule has 0 spiro atoms. The first-order valence-corrected chi connectivity index (χ1v) is 7.44. The minimum absolute atomic E-state index is 0.110. The SMILES string of the molecule is CCC(CC(=O)NCC(C)(C)C(=O)O)c1ccc(OC)cc1. The maximum Gasteiger partial charge on any atom is 0.310 e. The minimum Gasteiger partial charge on any atom is -0.497 e. The van der Waals surface area contributed by atoms with Gasteiger partial charge in [0.1, 0.15) is 5.75 Å². The van der Waals surface area contributed by atoms with Crippen molar-refractivity contribution in [3.63, 3.8) is 0 Å². The van der Waals surface area contributed by atoms with Crippen molar-refractivity contribution in [2.75, 3.05) is 13.7 Å². The lowest BCUT2D eigenvalue weighted by atomic mass is 9.91. The molecule has 0 fully saturated rings. The van der Waals surface area contributed by atoms with Gasteiger partial charge in [0.05, 0.1) is 12.5 Å². The number of hydrogen-bond acceptors (Lipinski definition) is 3. The van der Waals surface area contributed by atoms with Crippen LogP contribution in [0.5, 0.6) is 5.75 Å². The van der Waals surface area contributed by atoms with Gasteiger partial charge in [-0.25, -0.2) is 0 Å². The van der Waals surface area contributed by atoms with Crippen molar-refractivity contribution < 1.29 is 19.4 Å². The molecule has 0 saturated heterocycles. The van der Waals surface area contributed by atoms with E-state index in [0.29, 0.717) is 6.42 Å². The molecule has 122 valence electrons. The van der Waals surface area contributed by atoms with Gasteiger partial charge in [0.25, 0.3) is 0 Å². The zero-order chi connectivity index (χ0) is 16.8. The summed E-state index contributed by atoms with van der Waals surface area (Å²) >= 11 is 0. The minimum atomic E-state index is -0.961. The zero-order valence-electron chi connectivity index (χ0n) is 13.7. The van der Waals surface area contributed by atoms with Gasteiger partial charge in [-0.3, -0.25) is 9.59 Å². The molecule has 1 atom stereocenters. The number of carbonyl (C=O) groups is 2. The Kier molecular flexibility index (Phi) is 6.40. The van der Waals surface area contributed by atoms with Gasteiger partial charge in [-0.15, -0.1) is 0 Å². The third kappa shape index (κ3) is 5.06. The molecule has 0 aromatic heterocycles. The highest BCUT2D eigenvalue weighted by Gasteiger charge is 2.27. The van der Waals surface area contributed by atoms with E-state index in [1.165, 1.54) is 0 Å². The molecule has 2 N–H and O–H groups in total. The highest BCUT2D eigenvalue weighted by molar-refractivity contribution is 5.79. The smallest absolute Gasteiger partial charge is 0.310 e. The summed E-state index contributed by atoms with van der Waals surface area (Å²) in [6.07, 6.45) is 1.18. The van der Waals surface area contributed by atoms with Crippen LogP contribution in [0.1, 0.15) is 45.1 Å². The van der Waals surface area contributed by atoms with Crippen molar-refractivity contribution in [2.24, 2.45) is 5.41 Å². The molecule has 0 radical (unpaired) electrons. The first-order chi connectivity index (χ1) is 10.3. The van der Waals surface area contributed by atoms with Crippen molar-refractivity contribution in [1.82, 2.24) is 5.32 Å². The van der Waals surface area contributed by atoms with E-state index in [1.54, 1.807) is 21.0 Å². The third-order valence-corrected chi connectivity index (χ3v) is 3.82. The van der Waals surface area contributed by atoms with E-state index in [1.807, 2.05) is 31.2 Å². The second-order valence-electron chi connectivity index (χ2n) is 6.05. The third-order valence-electron chi connectivity index (χ3n) is 3.82. The number of nitrogens with one attached hydrogen (secondary N) is 1. The second-order valence-corrected chi connectivity index (χ2v) is 6.05. The van der Waals surface area contributed by atoms with E-state index in [0.717, 1.165) is 17.7 Å². The average molecular weight is 307 g/mol. The van der Waals surface area contributed by atoms with Gasteiger partial charge >= 0.3 is 5.97 Å². The summed E-state index contributed by atoms with van der Waals surface area (Å²) in [4.78, 5) is 23.1. The van der Waals surface area contributed by atoms with Gasteiger partial charge < -0.3 is 15.2 Å². The van der Waals surface area contributed by atoms with E-state index in [-0.39, 0.29) is 18.4 Å². The molecule has 0 aliphatic carbocycles. The molecule has 0 saturated carbocycles. The van der Waals surface area contributed by atoms with Crippen LogP contribution in [0, 0.1) is 5.41 Å². The predicted molar refractivity (Wildman–Crippen MR) is 85.1 cm³/mol. The van der Waals surface area contributed by atoms with Gasteiger partial charge in [-0.1, -0.05) is 19.1 Å². The first-order valence-electron chi connectivity index (χ1n) is 7.44. The van der Waals surface area contributed by atoms with Crippen molar-refractivity contribution >= 4 is 11.9 Å². The quantitative estimate of drug-likeness (QED) is 0.774. The summed E-state index contributed by atoms with van der Waals surface area (Å²) in [5, 5.41) is 11.8. The Bertz CT molecular complexity index is 508. The van der Waals surface area contributed by atoms with Gasteiger partial charge in [-0.05, 0) is 43.9 Å². The van der Waals surface area contributed by atoms with Crippen LogP contribution in [0.3, 0.4) is 0 Å². The fraction of sp³-hybridized carbons (Fsp3) is 0.529. The summed E-state index contributed by atoms with van der Waals surface area (Å²) < 4.78 is 5.13. The van der Waals surface area contributed by atoms with Crippen LogP contribution in [0.15, 0.2) is 24.3 Å². The molecule has 22 heavy (non-hydrogen) atoms. The monoisotopic (exact) mass is 307 g/mol.